The van der Waals surface area contributed by atoms with Gasteiger partial charge in [-0.2, -0.15) is 0 Å². The van der Waals surface area contributed by atoms with Crippen LogP contribution < -0.4 is 0 Å². The van der Waals surface area contributed by atoms with Crippen LogP contribution in [0.4, 0.5) is 0 Å². The smallest absolute Gasteiger partial charge is 0.133 e. The molecule has 1 rings (SSSR count). The van der Waals surface area contributed by atoms with Crippen molar-refractivity contribution < 1.29 is 9.53 Å². The van der Waals surface area contributed by atoms with Gasteiger partial charge in [0.25, 0.3) is 0 Å². The van der Waals surface area contributed by atoms with Gasteiger partial charge in [-0.15, -0.1) is 0 Å². The van der Waals surface area contributed by atoms with Gasteiger partial charge in [-0.1, -0.05) is 19.1 Å². The van der Waals surface area contributed by atoms with E-state index >= 15 is 0 Å². The number of Topliss-reactive ketones (excluding diaryl/α,β-unsaturated/α-hetero) is 1. The lowest BCUT2D eigenvalue weighted by molar-refractivity contribution is -0.122. The Morgan fingerprint density at radius 3 is 2.69 bits per heavy atom. The number of ether oxygens (including phenoxy) is 1. The minimum Gasteiger partial charge on any atom is -0.374 e. The maximum Gasteiger partial charge on any atom is 0.133 e. The highest BCUT2D eigenvalue weighted by atomic mass is 16.5. The van der Waals surface area contributed by atoms with Crippen LogP contribution in [0, 0.1) is 0 Å². The van der Waals surface area contributed by atoms with Gasteiger partial charge < -0.3 is 4.74 Å². The van der Waals surface area contributed by atoms with E-state index in [0.29, 0.717) is 31.3 Å². The minimum absolute atomic E-state index is 0.293. The summed E-state index contributed by atoms with van der Waals surface area (Å²) < 4.78 is 5.63. The van der Waals surface area contributed by atoms with Gasteiger partial charge >= 0.3 is 0 Å². The van der Waals surface area contributed by atoms with Gasteiger partial charge in [-0.25, -0.2) is 0 Å². The molecule has 2 nitrogen and oxygen atoms in total. The lowest BCUT2D eigenvalue weighted by Crippen LogP contribution is -2.22. The molecule has 1 fully saturated rings. The molecule has 0 aromatic rings. The predicted molar refractivity (Wildman–Crippen MR) is 52.6 cm³/mol. The van der Waals surface area contributed by atoms with E-state index in [1.807, 2.05) is 0 Å². The summed E-state index contributed by atoms with van der Waals surface area (Å²) in [6.45, 7) is 6.62. The number of hydrogen-bond acceptors (Lipinski definition) is 2. The third-order valence-corrected chi connectivity index (χ3v) is 2.51. The number of rotatable bonds is 4. The first-order valence-corrected chi connectivity index (χ1v) is 5.02. The second-order valence-electron chi connectivity index (χ2n) is 3.65. The average molecular weight is 182 g/mol. The third kappa shape index (κ3) is 3.73. The Morgan fingerprint density at radius 1 is 1.54 bits per heavy atom. The van der Waals surface area contributed by atoms with Crippen molar-refractivity contribution in [2.24, 2.45) is 0 Å². The van der Waals surface area contributed by atoms with E-state index in [-0.39, 0.29) is 0 Å². The molecule has 0 aromatic carbocycles. The summed E-state index contributed by atoms with van der Waals surface area (Å²) in [4.78, 5) is 10.9. The van der Waals surface area contributed by atoms with Crippen LogP contribution in [0.5, 0.6) is 0 Å². The fourth-order valence-electron chi connectivity index (χ4n) is 1.42. The number of hydrogen-bond donors (Lipinski definition) is 0. The Balaban J connectivity index is 2.15. The second-order valence-corrected chi connectivity index (χ2v) is 3.65. The predicted octanol–water partition coefficient (Wildman–Crippen LogP) is 2.48. The van der Waals surface area contributed by atoms with Gasteiger partial charge in [-0.05, 0) is 19.3 Å². The van der Waals surface area contributed by atoms with E-state index < -0.39 is 0 Å². The monoisotopic (exact) mass is 182 g/mol. The molecule has 1 aliphatic rings. The van der Waals surface area contributed by atoms with Crippen molar-refractivity contribution in [2.45, 2.75) is 45.1 Å². The molecule has 74 valence electrons. The molecule has 0 spiro atoms. The molecular weight excluding hydrogens is 164 g/mol. The van der Waals surface area contributed by atoms with E-state index in [1.54, 1.807) is 0 Å². The van der Waals surface area contributed by atoms with Gasteiger partial charge in [0.2, 0.25) is 0 Å². The van der Waals surface area contributed by atoms with E-state index in [1.165, 1.54) is 0 Å². The average Bonchev–Trinajstić information content (AvgIpc) is 2.16. The minimum atomic E-state index is 0.293. The number of carbonyl (C=O) groups excluding carboxylic acids is 1. The maximum atomic E-state index is 10.9. The zero-order valence-corrected chi connectivity index (χ0v) is 8.34. The molecule has 0 aromatic heterocycles. The highest BCUT2D eigenvalue weighted by molar-refractivity contribution is 5.79. The van der Waals surface area contributed by atoms with Gasteiger partial charge in [0.15, 0.2) is 0 Å². The van der Waals surface area contributed by atoms with Crippen LogP contribution in [-0.4, -0.2) is 18.5 Å². The second kappa shape index (κ2) is 5.18. The molecule has 0 unspecified atom stereocenters. The summed E-state index contributed by atoms with van der Waals surface area (Å²) in [5.74, 6) is 0.383. The molecule has 0 heterocycles. The Bertz CT molecular complexity index is 186. The lowest BCUT2D eigenvalue weighted by atomic mass is 9.96. The quantitative estimate of drug-likeness (QED) is 0.624. The van der Waals surface area contributed by atoms with Crippen molar-refractivity contribution in [2.75, 3.05) is 6.61 Å². The van der Waals surface area contributed by atoms with Gasteiger partial charge in [0, 0.05) is 12.8 Å². The highest BCUT2D eigenvalue weighted by Gasteiger charge is 2.18. The zero-order valence-electron chi connectivity index (χ0n) is 8.34. The van der Waals surface area contributed by atoms with E-state index in [0.717, 1.165) is 24.8 Å². The fourth-order valence-corrected chi connectivity index (χ4v) is 1.42. The summed E-state index contributed by atoms with van der Waals surface area (Å²) in [5.41, 5.74) is 1.14. The van der Waals surface area contributed by atoms with Crippen LogP contribution in [0.15, 0.2) is 12.2 Å². The SMILES string of the molecule is C=C(CC)COC1CCC(=O)CC1. The first kappa shape index (κ1) is 10.5. The van der Waals surface area contributed by atoms with Crippen LogP contribution in [-0.2, 0) is 9.53 Å². The first-order chi connectivity index (χ1) is 6.22. The van der Waals surface area contributed by atoms with Crippen LogP contribution in [0.3, 0.4) is 0 Å². The van der Waals surface area contributed by atoms with Crippen LogP contribution in [0.2, 0.25) is 0 Å². The molecule has 0 aliphatic heterocycles. The largest absolute Gasteiger partial charge is 0.374 e. The maximum absolute atomic E-state index is 10.9. The Kier molecular flexibility index (Phi) is 4.16. The fraction of sp³-hybridized carbons (Fsp3) is 0.727. The van der Waals surface area contributed by atoms with E-state index in [9.17, 15) is 4.79 Å². The summed E-state index contributed by atoms with van der Waals surface area (Å²) in [6, 6.07) is 0. The van der Waals surface area contributed by atoms with Crippen molar-refractivity contribution in [3.8, 4) is 0 Å². The molecule has 0 radical (unpaired) electrons. The topological polar surface area (TPSA) is 26.3 Å². The molecule has 0 saturated heterocycles. The summed E-state index contributed by atoms with van der Waals surface area (Å²) >= 11 is 0. The van der Waals surface area contributed by atoms with Crippen LogP contribution in [0.1, 0.15) is 39.0 Å². The number of carbonyl (C=O) groups is 1. The zero-order chi connectivity index (χ0) is 9.68. The first-order valence-electron chi connectivity index (χ1n) is 5.02. The van der Waals surface area contributed by atoms with Gasteiger partial charge in [0.1, 0.15) is 5.78 Å². The molecule has 2 heteroatoms. The van der Waals surface area contributed by atoms with E-state index in [2.05, 4.69) is 13.5 Å². The van der Waals surface area contributed by atoms with Crippen molar-refractivity contribution in [1.82, 2.24) is 0 Å². The summed E-state index contributed by atoms with van der Waals surface area (Å²) in [5, 5.41) is 0. The van der Waals surface area contributed by atoms with Gasteiger partial charge in [-0.3, -0.25) is 4.79 Å². The molecule has 0 atom stereocenters. The van der Waals surface area contributed by atoms with Crippen LogP contribution in [0.25, 0.3) is 0 Å². The van der Waals surface area contributed by atoms with Crippen molar-refractivity contribution >= 4 is 5.78 Å². The lowest BCUT2D eigenvalue weighted by Gasteiger charge is -2.21. The van der Waals surface area contributed by atoms with Crippen molar-refractivity contribution in [3.05, 3.63) is 12.2 Å². The molecule has 13 heavy (non-hydrogen) atoms. The molecule has 0 N–H and O–H groups in total. The molecule has 0 bridgehead atoms. The Hall–Kier alpha value is -0.630. The molecule has 1 saturated carbocycles. The third-order valence-electron chi connectivity index (χ3n) is 2.51. The highest BCUT2D eigenvalue weighted by Crippen LogP contribution is 2.18. The molecule has 0 amide bonds. The van der Waals surface area contributed by atoms with E-state index in [4.69, 9.17) is 4.74 Å². The summed E-state index contributed by atoms with van der Waals surface area (Å²) in [7, 11) is 0. The normalized spacial score (nSPS) is 19.0. The van der Waals surface area contributed by atoms with Crippen molar-refractivity contribution in [1.29, 1.82) is 0 Å². The van der Waals surface area contributed by atoms with Gasteiger partial charge in [0.05, 0.1) is 12.7 Å². The Labute approximate surface area is 80.0 Å². The molecular formula is C11H18O2. The van der Waals surface area contributed by atoms with Crippen molar-refractivity contribution in [3.63, 3.8) is 0 Å². The number of ketones is 1. The Morgan fingerprint density at radius 2 is 2.15 bits per heavy atom. The van der Waals surface area contributed by atoms with Crippen LogP contribution >= 0.6 is 0 Å². The molecule has 1 aliphatic carbocycles. The standard InChI is InChI=1S/C11H18O2/c1-3-9(2)8-13-11-6-4-10(12)5-7-11/h11H,2-8H2,1H3. The summed E-state index contributed by atoms with van der Waals surface area (Å²) in [6.07, 6.45) is 4.46.